The molecule has 4 nitrogen and oxygen atoms in total. The number of ether oxygens (including phenoxy) is 2. The van der Waals surface area contributed by atoms with E-state index in [1.54, 1.807) is 7.11 Å². The van der Waals surface area contributed by atoms with Crippen LogP contribution in [-0.4, -0.2) is 49.0 Å². The van der Waals surface area contributed by atoms with Gasteiger partial charge in [-0.05, 0) is 42.9 Å². The van der Waals surface area contributed by atoms with Crippen molar-refractivity contribution in [2.24, 2.45) is 0 Å². The molecule has 1 fully saturated rings. The van der Waals surface area contributed by atoms with Crippen molar-refractivity contribution in [1.29, 1.82) is 0 Å². The van der Waals surface area contributed by atoms with Gasteiger partial charge in [0.15, 0.2) is 0 Å². The van der Waals surface area contributed by atoms with Crippen LogP contribution in [0.25, 0.3) is 0 Å². The summed E-state index contributed by atoms with van der Waals surface area (Å²) in [7, 11) is 1.68. The Bertz CT molecular complexity index is 792. The average molecular weight is 413 g/mol. The van der Waals surface area contributed by atoms with Gasteiger partial charge < -0.3 is 19.1 Å². The zero-order valence-corrected chi connectivity index (χ0v) is 19.1. The maximum Gasteiger partial charge on any atom is 0.137 e. The largest absolute Gasteiger partial charge is 0.497 e. The summed E-state index contributed by atoms with van der Waals surface area (Å²) in [6, 6.07) is 16.6. The second-order valence-corrected chi connectivity index (χ2v) is 9.75. The van der Waals surface area contributed by atoms with Gasteiger partial charge in [0.05, 0.1) is 20.2 Å². The number of hydrogen-bond acceptors (Lipinski definition) is 3. The molecule has 1 atom stereocenters. The average Bonchev–Trinajstić information content (AvgIpc) is 2.72. The summed E-state index contributed by atoms with van der Waals surface area (Å²) in [4.78, 5) is 0. The zero-order valence-electron chi connectivity index (χ0n) is 19.1. The smallest absolute Gasteiger partial charge is 0.137 e. The molecule has 0 aliphatic carbocycles. The number of rotatable bonds is 8. The van der Waals surface area contributed by atoms with E-state index in [2.05, 4.69) is 51.1 Å². The predicted molar refractivity (Wildman–Crippen MR) is 122 cm³/mol. The molecule has 0 amide bonds. The summed E-state index contributed by atoms with van der Waals surface area (Å²) in [5, 5.41) is 10.9. The summed E-state index contributed by atoms with van der Waals surface area (Å²) < 4.78 is 12.5. The van der Waals surface area contributed by atoms with Crippen LogP contribution in [0.3, 0.4) is 0 Å². The first kappa shape index (κ1) is 22.6. The van der Waals surface area contributed by atoms with Crippen molar-refractivity contribution < 1.29 is 19.1 Å². The molecule has 164 valence electrons. The number of piperidine rings is 1. The number of aliphatic hydroxyl groups excluding tert-OH is 1. The number of benzene rings is 2. The van der Waals surface area contributed by atoms with Crippen LogP contribution in [0, 0.1) is 0 Å². The number of methoxy groups -OCH3 is 1. The quantitative estimate of drug-likeness (QED) is 0.625. The number of aliphatic hydroxyl groups is 1. The second-order valence-electron chi connectivity index (χ2n) is 9.75. The van der Waals surface area contributed by atoms with Gasteiger partial charge in [-0.25, -0.2) is 0 Å². The van der Waals surface area contributed by atoms with Gasteiger partial charge >= 0.3 is 0 Å². The highest BCUT2D eigenvalue weighted by molar-refractivity contribution is 5.44. The standard InChI is InChI=1S/C26H38NO3/c1-26(2,3)24-17-23(29-4)13-14-25(24)30-20-22(28)19-27(15-9-6-10-16-27)18-21-11-7-5-8-12-21/h5,7-8,11-14,17,22,28H,6,9-10,15-16,18-20H2,1-4H3/q+1. The van der Waals surface area contributed by atoms with Crippen LogP contribution in [-0.2, 0) is 12.0 Å². The minimum atomic E-state index is -0.498. The van der Waals surface area contributed by atoms with E-state index in [9.17, 15) is 5.11 Å². The summed E-state index contributed by atoms with van der Waals surface area (Å²) in [5.74, 6) is 1.66. The van der Waals surface area contributed by atoms with E-state index in [0.29, 0.717) is 6.61 Å². The summed E-state index contributed by atoms with van der Waals surface area (Å²) in [6.45, 7) is 10.8. The van der Waals surface area contributed by atoms with Crippen LogP contribution in [0.4, 0.5) is 0 Å². The van der Waals surface area contributed by atoms with Gasteiger partial charge in [-0.15, -0.1) is 0 Å². The fraction of sp³-hybridized carbons (Fsp3) is 0.538. The Labute approximate surface area is 182 Å². The SMILES string of the molecule is COc1ccc(OCC(O)C[N+]2(Cc3ccccc3)CCCCC2)c(C(C)(C)C)c1. The first-order valence-electron chi connectivity index (χ1n) is 11.2. The third-order valence-corrected chi connectivity index (χ3v) is 6.15. The van der Waals surface area contributed by atoms with Gasteiger partial charge in [0.1, 0.15) is 37.3 Å². The van der Waals surface area contributed by atoms with Crippen LogP contribution in [0.1, 0.15) is 51.2 Å². The highest BCUT2D eigenvalue weighted by atomic mass is 16.5. The lowest BCUT2D eigenvalue weighted by atomic mass is 9.86. The van der Waals surface area contributed by atoms with Crippen molar-refractivity contribution in [2.75, 3.05) is 33.4 Å². The minimum absolute atomic E-state index is 0.0667. The molecular formula is C26H38NO3+. The van der Waals surface area contributed by atoms with Crippen LogP contribution in [0.2, 0.25) is 0 Å². The maximum atomic E-state index is 10.9. The Morgan fingerprint density at radius 3 is 2.33 bits per heavy atom. The van der Waals surface area contributed by atoms with E-state index in [4.69, 9.17) is 9.47 Å². The molecule has 0 bridgehead atoms. The first-order valence-corrected chi connectivity index (χ1v) is 11.2. The molecule has 30 heavy (non-hydrogen) atoms. The second kappa shape index (κ2) is 9.84. The van der Waals surface area contributed by atoms with E-state index in [0.717, 1.165) is 47.7 Å². The lowest BCUT2D eigenvalue weighted by Crippen LogP contribution is -2.55. The fourth-order valence-electron chi connectivity index (χ4n) is 4.59. The molecule has 1 unspecified atom stereocenters. The fourth-order valence-corrected chi connectivity index (χ4v) is 4.59. The van der Waals surface area contributed by atoms with Crippen molar-refractivity contribution in [3.05, 3.63) is 59.7 Å². The molecule has 1 aliphatic rings. The zero-order chi connectivity index (χ0) is 21.6. The first-order chi connectivity index (χ1) is 14.3. The van der Waals surface area contributed by atoms with Crippen molar-refractivity contribution >= 4 is 0 Å². The van der Waals surface area contributed by atoms with Crippen LogP contribution < -0.4 is 9.47 Å². The predicted octanol–water partition coefficient (Wildman–Crippen LogP) is 4.93. The van der Waals surface area contributed by atoms with Gasteiger partial charge in [0.2, 0.25) is 0 Å². The molecule has 4 heteroatoms. The van der Waals surface area contributed by atoms with Crippen molar-refractivity contribution in [1.82, 2.24) is 0 Å². The molecule has 1 aliphatic heterocycles. The highest BCUT2D eigenvalue weighted by Gasteiger charge is 2.33. The number of quaternary nitrogens is 1. The molecule has 3 rings (SSSR count). The molecule has 0 aromatic heterocycles. The number of likely N-dealkylation sites (tertiary alicyclic amines) is 1. The molecular weight excluding hydrogens is 374 g/mol. The van der Waals surface area contributed by atoms with Crippen molar-refractivity contribution in [2.45, 2.75) is 58.1 Å². The molecule has 1 N–H and O–H groups in total. The molecule has 2 aromatic rings. The minimum Gasteiger partial charge on any atom is -0.497 e. The van der Waals surface area contributed by atoms with E-state index < -0.39 is 6.10 Å². The van der Waals surface area contributed by atoms with Crippen LogP contribution in [0.5, 0.6) is 11.5 Å². The maximum absolute atomic E-state index is 10.9. The van der Waals surface area contributed by atoms with E-state index in [1.165, 1.54) is 24.8 Å². The Morgan fingerprint density at radius 1 is 1.00 bits per heavy atom. The lowest BCUT2D eigenvalue weighted by molar-refractivity contribution is -0.947. The normalized spacial score (nSPS) is 17.4. The lowest BCUT2D eigenvalue weighted by Gasteiger charge is -2.43. The molecule has 1 saturated heterocycles. The van der Waals surface area contributed by atoms with Gasteiger partial charge in [-0.2, -0.15) is 0 Å². The molecule has 0 spiro atoms. The molecule has 0 saturated carbocycles. The highest BCUT2D eigenvalue weighted by Crippen LogP contribution is 2.34. The Balaban J connectivity index is 1.68. The van der Waals surface area contributed by atoms with Crippen LogP contribution >= 0.6 is 0 Å². The molecule has 1 heterocycles. The van der Waals surface area contributed by atoms with Gasteiger partial charge in [-0.3, -0.25) is 0 Å². The number of hydrogen-bond donors (Lipinski definition) is 1. The van der Waals surface area contributed by atoms with Crippen LogP contribution in [0.15, 0.2) is 48.5 Å². The third kappa shape index (κ3) is 5.99. The summed E-state index contributed by atoms with van der Waals surface area (Å²) >= 11 is 0. The van der Waals surface area contributed by atoms with Crippen molar-refractivity contribution in [3.8, 4) is 11.5 Å². The Hall–Kier alpha value is -2.04. The van der Waals surface area contributed by atoms with E-state index in [1.807, 2.05) is 18.2 Å². The Kier molecular flexibility index (Phi) is 7.43. The molecule has 0 radical (unpaired) electrons. The van der Waals surface area contributed by atoms with Crippen molar-refractivity contribution in [3.63, 3.8) is 0 Å². The molecule has 2 aromatic carbocycles. The topological polar surface area (TPSA) is 38.7 Å². The summed E-state index contributed by atoms with van der Waals surface area (Å²) in [6.07, 6.45) is 3.25. The van der Waals surface area contributed by atoms with E-state index >= 15 is 0 Å². The summed E-state index contributed by atoms with van der Waals surface area (Å²) in [5.41, 5.74) is 2.38. The van der Waals surface area contributed by atoms with Gasteiger partial charge in [0, 0.05) is 11.1 Å². The monoisotopic (exact) mass is 412 g/mol. The van der Waals surface area contributed by atoms with Gasteiger partial charge in [0.25, 0.3) is 0 Å². The third-order valence-electron chi connectivity index (χ3n) is 6.15. The van der Waals surface area contributed by atoms with E-state index in [-0.39, 0.29) is 5.41 Å². The van der Waals surface area contributed by atoms with Gasteiger partial charge in [-0.1, -0.05) is 51.1 Å². The number of nitrogens with zero attached hydrogens (tertiary/aromatic N) is 1. The Morgan fingerprint density at radius 2 is 1.70 bits per heavy atom.